The lowest BCUT2D eigenvalue weighted by Crippen LogP contribution is -2.57. The van der Waals surface area contributed by atoms with Crippen molar-refractivity contribution in [2.75, 3.05) is 30.3 Å². The number of rotatable bonds is 2. The topological polar surface area (TPSA) is 67.3 Å². The first-order valence-corrected chi connectivity index (χ1v) is 6.11. The highest BCUT2D eigenvalue weighted by molar-refractivity contribution is 5.65. The van der Waals surface area contributed by atoms with Crippen molar-refractivity contribution in [2.45, 2.75) is 25.9 Å². The van der Waals surface area contributed by atoms with E-state index in [0.717, 1.165) is 30.9 Å². The maximum atomic E-state index is 5.98. The maximum absolute atomic E-state index is 5.98. The van der Waals surface area contributed by atoms with Crippen molar-refractivity contribution < 1.29 is 0 Å². The highest BCUT2D eigenvalue weighted by atomic mass is 15.2. The third kappa shape index (κ3) is 2.53. The van der Waals surface area contributed by atoms with Crippen LogP contribution in [-0.4, -0.2) is 25.2 Å². The first kappa shape index (κ1) is 12.2. The van der Waals surface area contributed by atoms with Crippen molar-refractivity contribution >= 4 is 11.4 Å². The maximum Gasteiger partial charge on any atom is 0.0433 e. The van der Waals surface area contributed by atoms with Crippen molar-refractivity contribution in [2.24, 2.45) is 5.73 Å². The summed E-state index contributed by atoms with van der Waals surface area (Å²) in [4.78, 5) is 2.37. The monoisotopic (exact) mass is 234 g/mol. The van der Waals surface area contributed by atoms with Crippen molar-refractivity contribution in [3.05, 3.63) is 23.8 Å². The Morgan fingerprint density at radius 1 is 1.41 bits per heavy atom. The average Bonchev–Trinajstić information content (AvgIpc) is 2.27. The van der Waals surface area contributed by atoms with E-state index in [-0.39, 0.29) is 5.54 Å². The molecule has 1 aliphatic heterocycles. The number of nitrogens with zero attached hydrogens (tertiary/aromatic N) is 1. The zero-order chi connectivity index (χ0) is 12.5. The molecule has 1 aromatic rings. The van der Waals surface area contributed by atoms with Gasteiger partial charge in [0, 0.05) is 48.7 Å². The van der Waals surface area contributed by atoms with E-state index in [1.54, 1.807) is 0 Å². The molecule has 1 heterocycles. The van der Waals surface area contributed by atoms with Crippen LogP contribution < -0.4 is 21.7 Å². The van der Waals surface area contributed by atoms with Crippen molar-refractivity contribution in [3.63, 3.8) is 0 Å². The van der Waals surface area contributed by atoms with Crippen molar-refractivity contribution in [3.8, 4) is 0 Å². The molecule has 94 valence electrons. The Bertz CT molecular complexity index is 400. The van der Waals surface area contributed by atoms with Crippen LogP contribution in [0.1, 0.15) is 19.4 Å². The molecule has 0 aromatic heterocycles. The minimum Gasteiger partial charge on any atom is -0.398 e. The summed E-state index contributed by atoms with van der Waals surface area (Å²) in [5.41, 5.74) is 15.0. The van der Waals surface area contributed by atoms with Crippen LogP contribution in [0.4, 0.5) is 11.4 Å². The molecule has 0 amide bonds. The van der Waals surface area contributed by atoms with Crippen LogP contribution in [-0.2, 0) is 6.54 Å². The van der Waals surface area contributed by atoms with Gasteiger partial charge in [-0.3, -0.25) is 0 Å². The molecule has 1 saturated heterocycles. The molecule has 0 bridgehead atoms. The van der Waals surface area contributed by atoms with Gasteiger partial charge in [-0.1, -0.05) is 6.07 Å². The lowest BCUT2D eigenvalue weighted by atomic mass is 10.00. The van der Waals surface area contributed by atoms with E-state index in [9.17, 15) is 0 Å². The van der Waals surface area contributed by atoms with Gasteiger partial charge in [0.2, 0.25) is 0 Å². The molecule has 17 heavy (non-hydrogen) atoms. The quantitative estimate of drug-likeness (QED) is 0.666. The molecule has 0 radical (unpaired) electrons. The highest BCUT2D eigenvalue weighted by Crippen LogP contribution is 2.27. The summed E-state index contributed by atoms with van der Waals surface area (Å²) < 4.78 is 0. The summed E-state index contributed by atoms with van der Waals surface area (Å²) >= 11 is 0. The van der Waals surface area contributed by atoms with Gasteiger partial charge in [0.15, 0.2) is 0 Å². The lowest BCUT2D eigenvalue weighted by molar-refractivity contribution is 0.353. The second-order valence-electron chi connectivity index (χ2n) is 5.28. The van der Waals surface area contributed by atoms with E-state index in [0.29, 0.717) is 6.54 Å². The molecule has 0 unspecified atom stereocenters. The van der Waals surface area contributed by atoms with Crippen LogP contribution in [0.2, 0.25) is 0 Å². The lowest BCUT2D eigenvalue weighted by Gasteiger charge is -2.41. The summed E-state index contributed by atoms with van der Waals surface area (Å²) in [5.74, 6) is 0. The van der Waals surface area contributed by atoms with Gasteiger partial charge in [-0.25, -0.2) is 0 Å². The normalized spacial score (nSPS) is 19.4. The third-order valence-electron chi connectivity index (χ3n) is 3.30. The van der Waals surface area contributed by atoms with E-state index in [1.807, 2.05) is 12.1 Å². The van der Waals surface area contributed by atoms with E-state index < -0.39 is 0 Å². The van der Waals surface area contributed by atoms with Crippen LogP contribution in [0, 0.1) is 0 Å². The van der Waals surface area contributed by atoms with E-state index >= 15 is 0 Å². The summed E-state index contributed by atoms with van der Waals surface area (Å²) in [7, 11) is 0. The molecule has 1 aromatic carbocycles. The molecular weight excluding hydrogens is 212 g/mol. The number of hydrogen-bond acceptors (Lipinski definition) is 4. The molecule has 0 saturated carbocycles. The largest absolute Gasteiger partial charge is 0.398 e. The van der Waals surface area contributed by atoms with Gasteiger partial charge in [-0.15, -0.1) is 0 Å². The summed E-state index contributed by atoms with van der Waals surface area (Å²) in [6.07, 6.45) is 0. The number of piperazine rings is 1. The zero-order valence-electron chi connectivity index (χ0n) is 10.7. The Balaban J connectivity index is 2.30. The molecule has 5 N–H and O–H groups in total. The number of nitrogens with one attached hydrogen (secondary N) is 1. The number of nitrogen functional groups attached to an aromatic ring is 1. The predicted molar refractivity (Wildman–Crippen MR) is 73.0 cm³/mol. The first-order valence-electron chi connectivity index (χ1n) is 6.11. The third-order valence-corrected chi connectivity index (χ3v) is 3.30. The second-order valence-corrected chi connectivity index (χ2v) is 5.28. The van der Waals surface area contributed by atoms with Gasteiger partial charge in [0.25, 0.3) is 0 Å². The van der Waals surface area contributed by atoms with Crippen molar-refractivity contribution in [1.82, 2.24) is 5.32 Å². The van der Waals surface area contributed by atoms with E-state index in [2.05, 4.69) is 30.1 Å². The summed E-state index contributed by atoms with van der Waals surface area (Å²) in [6, 6.07) is 6.03. The van der Waals surface area contributed by atoms with E-state index in [4.69, 9.17) is 11.5 Å². The van der Waals surface area contributed by atoms with Crippen LogP contribution in [0.15, 0.2) is 18.2 Å². The van der Waals surface area contributed by atoms with Crippen molar-refractivity contribution in [1.29, 1.82) is 0 Å². The van der Waals surface area contributed by atoms with Gasteiger partial charge in [0.1, 0.15) is 0 Å². The molecule has 4 heteroatoms. The van der Waals surface area contributed by atoms with Gasteiger partial charge in [-0.2, -0.15) is 0 Å². The van der Waals surface area contributed by atoms with Crippen LogP contribution in [0.25, 0.3) is 0 Å². The number of benzene rings is 1. The average molecular weight is 234 g/mol. The highest BCUT2D eigenvalue weighted by Gasteiger charge is 2.26. The molecule has 1 fully saturated rings. The fraction of sp³-hybridized carbons (Fsp3) is 0.538. The molecule has 0 atom stereocenters. The first-order chi connectivity index (χ1) is 8.03. The van der Waals surface area contributed by atoms with E-state index in [1.165, 1.54) is 5.69 Å². The fourth-order valence-corrected chi connectivity index (χ4v) is 2.46. The number of nitrogens with two attached hydrogens (primary N) is 2. The summed E-state index contributed by atoms with van der Waals surface area (Å²) in [5, 5.41) is 3.51. The minimum atomic E-state index is 0.134. The summed E-state index contributed by atoms with van der Waals surface area (Å²) in [6.45, 7) is 7.89. The molecule has 1 aliphatic rings. The Kier molecular flexibility index (Phi) is 3.26. The fourth-order valence-electron chi connectivity index (χ4n) is 2.46. The SMILES string of the molecule is CC1(C)CN(c2cccc(N)c2CN)CCN1. The molecule has 4 nitrogen and oxygen atoms in total. The Morgan fingerprint density at radius 3 is 2.82 bits per heavy atom. The van der Waals surface area contributed by atoms with Gasteiger partial charge in [0.05, 0.1) is 0 Å². The molecule has 2 rings (SSSR count). The Hall–Kier alpha value is -1.26. The minimum absolute atomic E-state index is 0.134. The molecule has 0 aliphatic carbocycles. The number of anilines is 2. The zero-order valence-corrected chi connectivity index (χ0v) is 10.7. The second kappa shape index (κ2) is 4.55. The van der Waals surface area contributed by atoms with Crippen LogP contribution in [0.5, 0.6) is 0 Å². The number of hydrogen-bond donors (Lipinski definition) is 3. The predicted octanol–water partition coefficient (Wildman–Crippen LogP) is 0.916. The Labute approximate surface area is 103 Å². The van der Waals surface area contributed by atoms with Crippen LogP contribution >= 0.6 is 0 Å². The molecular formula is C13H22N4. The van der Waals surface area contributed by atoms with Gasteiger partial charge < -0.3 is 21.7 Å². The molecule has 0 spiro atoms. The van der Waals surface area contributed by atoms with Crippen LogP contribution in [0.3, 0.4) is 0 Å². The standard InChI is InChI=1S/C13H22N4/c1-13(2)9-17(7-6-16-13)12-5-3-4-11(15)10(12)8-14/h3-5,16H,6-9,14-15H2,1-2H3. The van der Waals surface area contributed by atoms with Gasteiger partial charge in [-0.05, 0) is 26.0 Å². The Morgan fingerprint density at radius 2 is 2.18 bits per heavy atom. The van der Waals surface area contributed by atoms with Gasteiger partial charge >= 0.3 is 0 Å². The smallest absolute Gasteiger partial charge is 0.0433 e.